The van der Waals surface area contributed by atoms with Crippen LogP contribution in [0.5, 0.6) is 0 Å². The standard InChI is InChI=1S/C10H20N2O3/c1-10(2,3)15-9(13)12-7-5-11-6-8(7)14-4/h7-8,11H,5-6H2,1-4H3,(H,12,13)/t7-,8-/m0/s1. The number of hydrogen-bond donors (Lipinski definition) is 2. The minimum absolute atomic E-state index is 0.00940. The number of carbonyl (C=O) groups excluding carboxylic acids is 1. The van der Waals surface area contributed by atoms with E-state index in [1.807, 2.05) is 20.8 Å². The number of alkyl carbamates (subject to hydrolysis) is 1. The molecule has 1 aliphatic heterocycles. The van der Waals surface area contributed by atoms with Gasteiger partial charge in [0.25, 0.3) is 0 Å². The van der Waals surface area contributed by atoms with Gasteiger partial charge >= 0.3 is 6.09 Å². The van der Waals surface area contributed by atoms with E-state index in [0.717, 1.165) is 13.1 Å². The Hall–Kier alpha value is -0.810. The van der Waals surface area contributed by atoms with Gasteiger partial charge in [0.2, 0.25) is 0 Å². The van der Waals surface area contributed by atoms with Gasteiger partial charge in [0.1, 0.15) is 5.60 Å². The van der Waals surface area contributed by atoms with Crippen molar-refractivity contribution in [1.29, 1.82) is 0 Å². The Kier molecular flexibility index (Phi) is 3.93. The van der Waals surface area contributed by atoms with Crippen LogP contribution < -0.4 is 10.6 Å². The van der Waals surface area contributed by atoms with Crippen molar-refractivity contribution >= 4 is 6.09 Å². The summed E-state index contributed by atoms with van der Waals surface area (Å²) in [6, 6.07) is -0.00940. The largest absolute Gasteiger partial charge is 0.444 e. The van der Waals surface area contributed by atoms with E-state index < -0.39 is 11.7 Å². The Labute approximate surface area is 90.5 Å². The number of carbonyl (C=O) groups is 1. The third kappa shape index (κ3) is 4.05. The molecule has 1 fully saturated rings. The van der Waals surface area contributed by atoms with Gasteiger partial charge in [0.15, 0.2) is 0 Å². The van der Waals surface area contributed by atoms with E-state index in [2.05, 4.69) is 10.6 Å². The molecule has 0 radical (unpaired) electrons. The van der Waals surface area contributed by atoms with Crippen molar-refractivity contribution in [2.45, 2.75) is 38.5 Å². The van der Waals surface area contributed by atoms with E-state index in [1.54, 1.807) is 7.11 Å². The van der Waals surface area contributed by atoms with Gasteiger partial charge in [-0.1, -0.05) is 0 Å². The Morgan fingerprint density at radius 2 is 2.07 bits per heavy atom. The number of rotatable bonds is 2. The molecule has 0 saturated carbocycles. The Morgan fingerprint density at radius 1 is 1.40 bits per heavy atom. The monoisotopic (exact) mass is 216 g/mol. The van der Waals surface area contributed by atoms with Crippen molar-refractivity contribution in [2.24, 2.45) is 0 Å². The molecule has 5 nitrogen and oxygen atoms in total. The highest BCUT2D eigenvalue weighted by molar-refractivity contribution is 5.68. The van der Waals surface area contributed by atoms with Crippen molar-refractivity contribution in [2.75, 3.05) is 20.2 Å². The molecular formula is C10H20N2O3. The number of amides is 1. The van der Waals surface area contributed by atoms with Gasteiger partial charge in [0.05, 0.1) is 12.1 Å². The maximum absolute atomic E-state index is 11.5. The van der Waals surface area contributed by atoms with Crippen LogP contribution in [-0.2, 0) is 9.47 Å². The van der Waals surface area contributed by atoms with Crippen LogP contribution in [0.3, 0.4) is 0 Å². The predicted octanol–water partition coefficient (Wildman–Crippen LogP) is 0.498. The fourth-order valence-corrected chi connectivity index (χ4v) is 1.51. The molecule has 1 rings (SSSR count). The van der Waals surface area contributed by atoms with Crippen molar-refractivity contribution in [1.82, 2.24) is 10.6 Å². The summed E-state index contributed by atoms with van der Waals surface area (Å²) in [5.41, 5.74) is -0.460. The van der Waals surface area contributed by atoms with Crippen molar-refractivity contribution in [3.63, 3.8) is 0 Å². The molecule has 15 heavy (non-hydrogen) atoms. The number of nitrogens with one attached hydrogen (secondary N) is 2. The molecule has 0 aromatic rings. The SMILES string of the molecule is CO[C@H]1CNC[C@@H]1NC(=O)OC(C)(C)C. The van der Waals surface area contributed by atoms with Crippen LogP contribution in [0, 0.1) is 0 Å². The molecule has 2 N–H and O–H groups in total. The lowest BCUT2D eigenvalue weighted by molar-refractivity contribution is 0.0417. The molecule has 0 aromatic heterocycles. The van der Waals surface area contributed by atoms with Crippen molar-refractivity contribution < 1.29 is 14.3 Å². The van der Waals surface area contributed by atoms with Crippen LogP contribution in [0.15, 0.2) is 0 Å². The second-order valence-corrected chi connectivity index (χ2v) is 4.69. The van der Waals surface area contributed by atoms with E-state index in [0.29, 0.717) is 0 Å². The smallest absolute Gasteiger partial charge is 0.408 e. The summed E-state index contributed by atoms with van der Waals surface area (Å²) in [7, 11) is 1.64. The van der Waals surface area contributed by atoms with Gasteiger partial charge in [0, 0.05) is 20.2 Å². The first-order chi connectivity index (χ1) is 6.92. The average Bonchev–Trinajstić information content (AvgIpc) is 2.48. The Morgan fingerprint density at radius 3 is 2.60 bits per heavy atom. The minimum atomic E-state index is -0.460. The maximum Gasteiger partial charge on any atom is 0.408 e. The zero-order valence-corrected chi connectivity index (χ0v) is 9.79. The van der Waals surface area contributed by atoms with Crippen LogP contribution >= 0.6 is 0 Å². The molecule has 0 bridgehead atoms. The molecular weight excluding hydrogens is 196 g/mol. The molecule has 1 saturated heterocycles. The lowest BCUT2D eigenvalue weighted by Crippen LogP contribution is -2.45. The molecule has 5 heteroatoms. The summed E-state index contributed by atoms with van der Waals surface area (Å²) in [5.74, 6) is 0. The third-order valence-corrected chi connectivity index (χ3v) is 2.16. The zero-order valence-electron chi connectivity index (χ0n) is 9.79. The zero-order chi connectivity index (χ0) is 11.5. The van der Waals surface area contributed by atoms with Gasteiger partial charge in [-0.2, -0.15) is 0 Å². The Bertz CT molecular complexity index is 225. The number of methoxy groups -OCH3 is 1. The van der Waals surface area contributed by atoms with E-state index in [9.17, 15) is 4.79 Å². The van der Waals surface area contributed by atoms with Gasteiger partial charge in [-0.15, -0.1) is 0 Å². The van der Waals surface area contributed by atoms with Crippen LogP contribution in [-0.4, -0.2) is 44.0 Å². The first-order valence-corrected chi connectivity index (χ1v) is 5.15. The maximum atomic E-state index is 11.5. The summed E-state index contributed by atoms with van der Waals surface area (Å²) < 4.78 is 10.4. The highest BCUT2D eigenvalue weighted by Gasteiger charge is 2.29. The first-order valence-electron chi connectivity index (χ1n) is 5.15. The van der Waals surface area contributed by atoms with E-state index in [-0.39, 0.29) is 12.1 Å². The molecule has 2 atom stereocenters. The first kappa shape index (κ1) is 12.3. The summed E-state index contributed by atoms with van der Waals surface area (Å²) in [6.45, 7) is 7.00. The van der Waals surface area contributed by atoms with Crippen molar-refractivity contribution in [3.05, 3.63) is 0 Å². The van der Waals surface area contributed by atoms with Crippen LogP contribution in [0.1, 0.15) is 20.8 Å². The molecule has 0 aliphatic carbocycles. The molecule has 1 heterocycles. The van der Waals surface area contributed by atoms with E-state index >= 15 is 0 Å². The number of ether oxygens (including phenoxy) is 2. The summed E-state index contributed by atoms with van der Waals surface area (Å²) in [6.07, 6.45) is -0.365. The van der Waals surface area contributed by atoms with Crippen molar-refractivity contribution in [3.8, 4) is 0 Å². The lowest BCUT2D eigenvalue weighted by Gasteiger charge is -2.23. The molecule has 0 aromatic carbocycles. The predicted molar refractivity (Wildman–Crippen MR) is 56.8 cm³/mol. The van der Waals surface area contributed by atoms with Crippen LogP contribution in [0.2, 0.25) is 0 Å². The molecule has 0 spiro atoms. The lowest BCUT2D eigenvalue weighted by atomic mass is 10.2. The van der Waals surface area contributed by atoms with Gasteiger partial charge in [-0.25, -0.2) is 4.79 Å². The van der Waals surface area contributed by atoms with E-state index in [1.165, 1.54) is 0 Å². The Balaban J connectivity index is 2.37. The van der Waals surface area contributed by atoms with Gasteiger partial charge < -0.3 is 20.1 Å². The van der Waals surface area contributed by atoms with E-state index in [4.69, 9.17) is 9.47 Å². The fraction of sp³-hybridized carbons (Fsp3) is 0.900. The van der Waals surface area contributed by atoms with Crippen LogP contribution in [0.4, 0.5) is 4.79 Å². The van der Waals surface area contributed by atoms with Crippen LogP contribution in [0.25, 0.3) is 0 Å². The topological polar surface area (TPSA) is 59.6 Å². The van der Waals surface area contributed by atoms with Gasteiger partial charge in [-0.05, 0) is 20.8 Å². The summed E-state index contributed by atoms with van der Waals surface area (Å²) in [4.78, 5) is 11.5. The molecule has 0 unspecified atom stereocenters. The fourth-order valence-electron chi connectivity index (χ4n) is 1.51. The highest BCUT2D eigenvalue weighted by atomic mass is 16.6. The van der Waals surface area contributed by atoms with Gasteiger partial charge in [-0.3, -0.25) is 0 Å². The quantitative estimate of drug-likeness (QED) is 0.705. The average molecular weight is 216 g/mol. The minimum Gasteiger partial charge on any atom is -0.444 e. The second kappa shape index (κ2) is 4.81. The normalized spacial score (nSPS) is 26.4. The molecule has 88 valence electrons. The summed E-state index contributed by atoms with van der Waals surface area (Å²) >= 11 is 0. The second-order valence-electron chi connectivity index (χ2n) is 4.69. The third-order valence-electron chi connectivity index (χ3n) is 2.16. The molecule has 1 amide bonds. The summed E-state index contributed by atoms with van der Waals surface area (Å²) in [5, 5.41) is 5.93. The molecule has 1 aliphatic rings. The number of hydrogen-bond acceptors (Lipinski definition) is 4. The highest BCUT2D eigenvalue weighted by Crippen LogP contribution is 2.09.